The number of aromatic nitrogens is 4. The summed E-state index contributed by atoms with van der Waals surface area (Å²) in [6.45, 7) is 2.64. The van der Waals surface area contributed by atoms with Gasteiger partial charge in [0.1, 0.15) is 5.75 Å². The Morgan fingerprint density at radius 3 is 2.70 bits per heavy atom. The molecule has 0 saturated carbocycles. The first-order chi connectivity index (χ1) is 9.81. The lowest BCUT2D eigenvalue weighted by atomic mass is 10.1. The molecule has 0 N–H and O–H groups in total. The molecule has 0 saturated heterocycles. The second kappa shape index (κ2) is 5.50. The first kappa shape index (κ1) is 12.9. The third-order valence-electron chi connectivity index (χ3n) is 2.86. The van der Waals surface area contributed by atoms with E-state index < -0.39 is 0 Å². The quantitative estimate of drug-likeness (QED) is 0.690. The van der Waals surface area contributed by atoms with E-state index in [1.807, 2.05) is 43.5 Å². The molecule has 3 rings (SSSR count). The average Bonchev–Trinajstić information content (AvgIpc) is 2.91. The Hall–Kier alpha value is -2.08. The van der Waals surface area contributed by atoms with Crippen molar-refractivity contribution in [2.45, 2.75) is 12.1 Å². The molecule has 0 fully saturated rings. The van der Waals surface area contributed by atoms with Crippen LogP contribution in [0.4, 0.5) is 0 Å². The lowest BCUT2D eigenvalue weighted by molar-refractivity contribution is 0.340. The molecule has 0 aliphatic heterocycles. The van der Waals surface area contributed by atoms with E-state index in [0.29, 0.717) is 12.4 Å². The van der Waals surface area contributed by atoms with Crippen molar-refractivity contribution in [2.75, 3.05) is 12.9 Å². The summed E-state index contributed by atoms with van der Waals surface area (Å²) in [5.74, 6) is 1.48. The average molecular weight is 286 g/mol. The topological polar surface area (TPSA) is 52.3 Å². The van der Waals surface area contributed by atoms with Gasteiger partial charge in [0.2, 0.25) is 5.16 Å². The Bertz CT molecular complexity index is 724. The minimum Gasteiger partial charge on any atom is -0.494 e. The molecule has 2 heterocycles. The third-order valence-corrected chi connectivity index (χ3v) is 3.40. The van der Waals surface area contributed by atoms with E-state index in [1.165, 1.54) is 11.8 Å². The Morgan fingerprint density at radius 2 is 2.00 bits per heavy atom. The number of hydrogen-bond acceptors (Lipinski definition) is 5. The maximum absolute atomic E-state index is 5.46. The van der Waals surface area contributed by atoms with Crippen LogP contribution in [0.25, 0.3) is 17.0 Å². The standard InChI is InChI=1S/C14H14N4OS/c1-3-19-11-6-4-10(5-7-11)12-8-9-15-13-16-14(20-2)17-18(12)13/h4-9H,3H2,1-2H3. The Balaban J connectivity index is 2.06. The van der Waals surface area contributed by atoms with E-state index in [-0.39, 0.29) is 0 Å². The van der Waals surface area contributed by atoms with Gasteiger partial charge in [0.25, 0.3) is 5.78 Å². The highest BCUT2D eigenvalue weighted by Crippen LogP contribution is 2.23. The number of benzene rings is 1. The van der Waals surface area contributed by atoms with Crippen LogP contribution in [-0.2, 0) is 0 Å². The molecule has 0 bridgehead atoms. The van der Waals surface area contributed by atoms with Crippen molar-refractivity contribution in [1.29, 1.82) is 0 Å². The van der Waals surface area contributed by atoms with Gasteiger partial charge in [0, 0.05) is 11.8 Å². The number of rotatable bonds is 4. The molecule has 0 aliphatic rings. The van der Waals surface area contributed by atoms with Crippen LogP contribution in [0, 0.1) is 0 Å². The van der Waals surface area contributed by atoms with Gasteiger partial charge in [0.15, 0.2) is 0 Å². The third kappa shape index (κ3) is 2.34. The highest BCUT2D eigenvalue weighted by atomic mass is 32.2. The smallest absolute Gasteiger partial charge is 0.253 e. The van der Waals surface area contributed by atoms with Gasteiger partial charge in [0.05, 0.1) is 12.3 Å². The van der Waals surface area contributed by atoms with Crippen LogP contribution in [0.5, 0.6) is 5.75 Å². The maximum Gasteiger partial charge on any atom is 0.253 e. The Morgan fingerprint density at radius 1 is 1.20 bits per heavy atom. The molecule has 20 heavy (non-hydrogen) atoms. The van der Waals surface area contributed by atoms with Gasteiger partial charge in [-0.1, -0.05) is 11.8 Å². The lowest BCUT2D eigenvalue weighted by Crippen LogP contribution is -1.96. The first-order valence-electron chi connectivity index (χ1n) is 6.31. The first-order valence-corrected chi connectivity index (χ1v) is 7.53. The fourth-order valence-electron chi connectivity index (χ4n) is 1.97. The second-order valence-corrected chi connectivity index (χ2v) is 4.87. The molecule has 0 atom stereocenters. The van der Waals surface area contributed by atoms with Gasteiger partial charge in [-0.2, -0.15) is 9.50 Å². The molecule has 102 valence electrons. The van der Waals surface area contributed by atoms with Crippen molar-refractivity contribution >= 4 is 17.5 Å². The van der Waals surface area contributed by atoms with E-state index in [4.69, 9.17) is 4.74 Å². The van der Waals surface area contributed by atoms with Gasteiger partial charge >= 0.3 is 0 Å². The van der Waals surface area contributed by atoms with Gasteiger partial charge in [-0.05, 0) is 43.5 Å². The summed E-state index contributed by atoms with van der Waals surface area (Å²) in [6, 6.07) is 9.87. The van der Waals surface area contributed by atoms with E-state index in [9.17, 15) is 0 Å². The largest absolute Gasteiger partial charge is 0.494 e. The number of nitrogens with zero attached hydrogens (tertiary/aromatic N) is 4. The Kier molecular flexibility index (Phi) is 3.56. The van der Waals surface area contributed by atoms with Crippen LogP contribution in [0.2, 0.25) is 0 Å². The maximum atomic E-state index is 5.46. The monoisotopic (exact) mass is 286 g/mol. The summed E-state index contributed by atoms with van der Waals surface area (Å²) in [5.41, 5.74) is 2.02. The molecule has 0 amide bonds. The molecule has 5 nitrogen and oxygen atoms in total. The molecule has 0 aliphatic carbocycles. The minimum absolute atomic E-state index is 0.612. The van der Waals surface area contributed by atoms with E-state index in [1.54, 1.807) is 10.7 Å². The highest BCUT2D eigenvalue weighted by molar-refractivity contribution is 7.98. The van der Waals surface area contributed by atoms with Crippen LogP contribution in [-0.4, -0.2) is 32.4 Å². The summed E-state index contributed by atoms with van der Waals surface area (Å²) in [7, 11) is 0. The molecule has 2 aromatic heterocycles. The minimum atomic E-state index is 0.612. The van der Waals surface area contributed by atoms with Crippen molar-refractivity contribution in [3.63, 3.8) is 0 Å². The molecule has 1 aromatic carbocycles. The lowest BCUT2D eigenvalue weighted by Gasteiger charge is -2.06. The normalized spacial score (nSPS) is 10.9. The van der Waals surface area contributed by atoms with Gasteiger partial charge in [-0.15, -0.1) is 5.10 Å². The summed E-state index contributed by atoms with van der Waals surface area (Å²) in [5, 5.41) is 5.16. The van der Waals surface area contributed by atoms with Crippen LogP contribution in [0.1, 0.15) is 6.92 Å². The van der Waals surface area contributed by atoms with Crippen molar-refractivity contribution in [3.05, 3.63) is 36.5 Å². The second-order valence-electron chi connectivity index (χ2n) is 4.10. The molecule has 0 radical (unpaired) electrons. The van der Waals surface area contributed by atoms with Crippen molar-refractivity contribution in [3.8, 4) is 17.0 Å². The summed E-state index contributed by atoms with van der Waals surface area (Å²) in [4.78, 5) is 8.58. The molecule has 3 aromatic rings. The van der Waals surface area contributed by atoms with Crippen LogP contribution >= 0.6 is 11.8 Å². The summed E-state index contributed by atoms with van der Waals surface area (Å²) in [6.07, 6.45) is 3.70. The van der Waals surface area contributed by atoms with Crippen molar-refractivity contribution in [1.82, 2.24) is 19.6 Å². The summed E-state index contributed by atoms with van der Waals surface area (Å²) >= 11 is 1.50. The highest BCUT2D eigenvalue weighted by Gasteiger charge is 2.09. The number of ether oxygens (including phenoxy) is 1. The van der Waals surface area contributed by atoms with Crippen LogP contribution in [0.15, 0.2) is 41.7 Å². The van der Waals surface area contributed by atoms with Crippen molar-refractivity contribution < 1.29 is 4.74 Å². The zero-order chi connectivity index (χ0) is 13.9. The van der Waals surface area contributed by atoms with Gasteiger partial charge < -0.3 is 4.74 Å². The Labute approximate surface area is 121 Å². The fourth-order valence-corrected chi connectivity index (χ4v) is 2.31. The number of hydrogen-bond donors (Lipinski definition) is 0. The fraction of sp³-hybridized carbons (Fsp3) is 0.214. The molecular formula is C14H14N4OS. The van der Waals surface area contributed by atoms with Crippen molar-refractivity contribution in [2.24, 2.45) is 0 Å². The van der Waals surface area contributed by atoms with Crippen LogP contribution < -0.4 is 4.74 Å². The zero-order valence-corrected chi connectivity index (χ0v) is 12.1. The zero-order valence-electron chi connectivity index (χ0n) is 11.3. The van der Waals surface area contributed by atoms with Crippen LogP contribution in [0.3, 0.4) is 0 Å². The molecule has 0 spiro atoms. The number of thioether (sulfide) groups is 1. The molecular weight excluding hydrogens is 272 g/mol. The van der Waals surface area contributed by atoms with E-state index >= 15 is 0 Å². The predicted molar refractivity (Wildman–Crippen MR) is 79.2 cm³/mol. The van der Waals surface area contributed by atoms with E-state index in [2.05, 4.69) is 15.1 Å². The van der Waals surface area contributed by atoms with E-state index in [0.717, 1.165) is 22.2 Å². The SMILES string of the molecule is CCOc1ccc(-c2ccnc3nc(SC)nn23)cc1. The predicted octanol–water partition coefficient (Wildman–Crippen LogP) is 2.91. The molecule has 6 heteroatoms. The molecule has 0 unspecified atom stereocenters. The van der Waals surface area contributed by atoms with Gasteiger partial charge in [-0.3, -0.25) is 0 Å². The summed E-state index contributed by atoms with van der Waals surface area (Å²) < 4.78 is 7.22. The van der Waals surface area contributed by atoms with Gasteiger partial charge in [-0.25, -0.2) is 4.98 Å². The number of fused-ring (bicyclic) bond motifs is 1.